The summed E-state index contributed by atoms with van der Waals surface area (Å²) in [6.07, 6.45) is 2.09. The molecule has 1 aliphatic heterocycles. The van der Waals surface area contributed by atoms with Crippen LogP contribution in [0.2, 0.25) is 0 Å². The molecule has 1 saturated heterocycles. The molecular formula is C22H26BrN3O3. The molecule has 6 nitrogen and oxygen atoms in total. The molecule has 0 bridgehead atoms. The van der Waals surface area contributed by atoms with Gasteiger partial charge in [0.2, 0.25) is 11.8 Å². The summed E-state index contributed by atoms with van der Waals surface area (Å²) in [4.78, 5) is 28.7. The van der Waals surface area contributed by atoms with Gasteiger partial charge >= 0.3 is 0 Å². The Morgan fingerprint density at radius 3 is 2.79 bits per heavy atom. The Bertz CT molecular complexity index is 874. The lowest BCUT2D eigenvalue weighted by Gasteiger charge is -2.26. The molecule has 1 aliphatic rings. The predicted octanol–water partition coefficient (Wildman–Crippen LogP) is 3.69. The van der Waals surface area contributed by atoms with Crippen molar-refractivity contribution >= 4 is 33.4 Å². The number of hydrogen-bond donors (Lipinski definition) is 1. The molecule has 0 aliphatic carbocycles. The summed E-state index contributed by atoms with van der Waals surface area (Å²) in [5.41, 5.74) is 1.85. The van der Waals surface area contributed by atoms with Crippen molar-refractivity contribution in [3.8, 4) is 5.75 Å². The van der Waals surface area contributed by atoms with Gasteiger partial charge in [0, 0.05) is 29.3 Å². The van der Waals surface area contributed by atoms with Gasteiger partial charge in [-0.05, 0) is 49.2 Å². The number of hydrogen-bond acceptors (Lipinski definition) is 4. The summed E-state index contributed by atoms with van der Waals surface area (Å²) in [6, 6.07) is 15.6. The van der Waals surface area contributed by atoms with E-state index in [1.807, 2.05) is 18.2 Å². The topological polar surface area (TPSA) is 61.9 Å². The first-order valence-electron chi connectivity index (χ1n) is 9.63. The van der Waals surface area contributed by atoms with E-state index in [0.717, 1.165) is 23.9 Å². The van der Waals surface area contributed by atoms with Gasteiger partial charge in [-0.25, -0.2) is 0 Å². The molecule has 2 amide bonds. The monoisotopic (exact) mass is 459 g/mol. The van der Waals surface area contributed by atoms with Crippen LogP contribution in [-0.4, -0.2) is 55.4 Å². The van der Waals surface area contributed by atoms with Crippen molar-refractivity contribution in [2.45, 2.75) is 18.9 Å². The molecule has 1 fully saturated rings. The maximum atomic E-state index is 12.7. The number of ether oxygens (including phenoxy) is 1. The number of likely N-dealkylation sites (tertiary alicyclic amines) is 1. The first-order valence-corrected chi connectivity index (χ1v) is 10.4. The molecule has 1 unspecified atom stereocenters. The van der Waals surface area contributed by atoms with Crippen LogP contribution in [0.4, 0.5) is 5.69 Å². The fourth-order valence-corrected chi connectivity index (χ4v) is 4.02. The van der Waals surface area contributed by atoms with Gasteiger partial charge in [-0.2, -0.15) is 0 Å². The SMILES string of the molecule is COc1cccc(NC(=O)CN(C)C(=O)CN2CCCC2c2cccc(Br)c2)c1. The highest BCUT2D eigenvalue weighted by atomic mass is 79.9. The number of halogens is 1. The van der Waals surface area contributed by atoms with Crippen LogP contribution in [0.1, 0.15) is 24.4 Å². The van der Waals surface area contributed by atoms with Gasteiger partial charge in [0.25, 0.3) is 0 Å². The number of rotatable bonds is 7. The lowest BCUT2D eigenvalue weighted by molar-refractivity contribution is -0.134. The Balaban J connectivity index is 1.54. The van der Waals surface area contributed by atoms with Crippen LogP contribution < -0.4 is 10.1 Å². The molecule has 0 spiro atoms. The molecule has 0 radical (unpaired) electrons. The van der Waals surface area contributed by atoms with E-state index < -0.39 is 0 Å². The molecule has 29 heavy (non-hydrogen) atoms. The summed E-state index contributed by atoms with van der Waals surface area (Å²) < 4.78 is 6.20. The molecule has 0 aromatic heterocycles. The highest BCUT2D eigenvalue weighted by Gasteiger charge is 2.28. The fourth-order valence-electron chi connectivity index (χ4n) is 3.61. The summed E-state index contributed by atoms with van der Waals surface area (Å²) in [7, 11) is 3.24. The van der Waals surface area contributed by atoms with E-state index in [4.69, 9.17) is 4.74 Å². The Kier molecular flexibility index (Phi) is 7.28. The summed E-state index contributed by atoms with van der Waals surface area (Å²) in [6.45, 7) is 1.19. The minimum absolute atomic E-state index is 0.00539. The molecule has 2 aromatic carbocycles. The quantitative estimate of drug-likeness (QED) is 0.685. The van der Waals surface area contributed by atoms with E-state index >= 15 is 0 Å². The van der Waals surface area contributed by atoms with Crippen molar-refractivity contribution in [2.24, 2.45) is 0 Å². The molecular weight excluding hydrogens is 434 g/mol. The molecule has 3 rings (SSSR count). The number of nitrogens with zero attached hydrogens (tertiary/aromatic N) is 2. The van der Waals surface area contributed by atoms with Crippen molar-refractivity contribution < 1.29 is 14.3 Å². The molecule has 7 heteroatoms. The smallest absolute Gasteiger partial charge is 0.243 e. The third kappa shape index (κ3) is 5.81. The van der Waals surface area contributed by atoms with Crippen LogP contribution in [0.25, 0.3) is 0 Å². The summed E-state index contributed by atoms with van der Waals surface area (Å²) >= 11 is 3.52. The van der Waals surface area contributed by atoms with E-state index in [9.17, 15) is 9.59 Å². The number of carbonyl (C=O) groups is 2. The lowest BCUT2D eigenvalue weighted by atomic mass is 10.0. The fraction of sp³-hybridized carbons (Fsp3) is 0.364. The van der Waals surface area contributed by atoms with Crippen LogP contribution in [0.5, 0.6) is 5.75 Å². The zero-order chi connectivity index (χ0) is 20.8. The van der Waals surface area contributed by atoms with E-state index in [1.165, 1.54) is 10.5 Å². The Labute approximate surface area is 180 Å². The Hall–Kier alpha value is -2.38. The van der Waals surface area contributed by atoms with Gasteiger partial charge in [0.1, 0.15) is 5.75 Å². The molecule has 1 heterocycles. The van der Waals surface area contributed by atoms with Crippen molar-refractivity contribution in [3.63, 3.8) is 0 Å². The number of likely N-dealkylation sites (N-methyl/N-ethyl adjacent to an activating group) is 1. The molecule has 154 valence electrons. The molecule has 1 atom stereocenters. The van der Waals surface area contributed by atoms with Gasteiger partial charge in [-0.15, -0.1) is 0 Å². The second-order valence-electron chi connectivity index (χ2n) is 7.21. The number of nitrogens with one attached hydrogen (secondary N) is 1. The van der Waals surface area contributed by atoms with Crippen molar-refractivity contribution in [2.75, 3.05) is 39.1 Å². The van der Waals surface area contributed by atoms with Gasteiger partial charge in [-0.3, -0.25) is 14.5 Å². The zero-order valence-corrected chi connectivity index (χ0v) is 18.3. The van der Waals surface area contributed by atoms with E-state index in [0.29, 0.717) is 18.0 Å². The predicted molar refractivity (Wildman–Crippen MR) is 117 cm³/mol. The number of carbonyl (C=O) groups excluding carboxylic acids is 2. The van der Waals surface area contributed by atoms with E-state index in [2.05, 4.69) is 38.3 Å². The standard InChI is InChI=1S/C22H26BrN3O3/c1-25(14-21(27)24-18-8-4-9-19(13-18)29-2)22(28)15-26-11-5-10-20(26)16-6-3-7-17(23)12-16/h3-4,6-9,12-13,20H,5,10-11,14-15H2,1-2H3,(H,24,27). The second kappa shape index (κ2) is 9.89. The highest BCUT2D eigenvalue weighted by Crippen LogP contribution is 2.32. The third-order valence-electron chi connectivity index (χ3n) is 5.10. The first kappa shape index (κ1) is 21.3. The maximum absolute atomic E-state index is 12.7. The van der Waals surface area contributed by atoms with Crippen LogP contribution >= 0.6 is 15.9 Å². The van der Waals surface area contributed by atoms with Crippen LogP contribution in [0.3, 0.4) is 0 Å². The average Bonchev–Trinajstić information content (AvgIpc) is 3.16. The number of benzene rings is 2. The third-order valence-corrected chi connectivity index (χ3v) is 5.59. The van der Waals surface area contributed by atoms with E-state index in [-0.39, 0.29) is 24.4 Å². The minimum atomic E-state index is -0.237. The van der Waals surface area contributed by atoms with Crippen LogP contribution in [0.15, 0.2) is 53.0 Å². The van der Waals surface area contributed by atoms with Gasteiger partial charge < -0.3 is 15.0 Å². The summed E-state index contributed by atoms with van der Waals surface area (Å²) in [5, 5.41) is 2.81. The van der Waals surface area contributed by atoms with Gasteiger partial charge in [-0.1, -0.05) is 34.1 Å². The van der Waals surface area contributed by atoms with Gasteiger partial charge in [0.05, 0.1) is 20.2 Å². The highest BCUT2D eigenvalue weighted by molar-refractivity contribution is 9.10. The van der Waals surface area contributed by atoms with Crippen LogP contribution in [-0.2, 0) is 9.59 Å². The van der Waals surface area contributed by atoms with Gasteiger partial charge in [0.15, 0.2) is 0 Å². The van der Waals surface area contributed by atoms with Crippen molar-refractivity contribution in [1.29, 1.82) is 0 Å². The summed E-state index contributed by atoms with van der Waals surface area (Å²) in [5.74, 6) is 0.367. The maximum Gasteiger partial charge on any atom is 0.243 e. The number of methoxy groups -OCH3 is 1. The Morgan fingerprint density at radius 2 is 2.03 bits per heavy atom. The number of anilines is 1. The minimum Gasteiger partial charge on any atom is -0.497 e. The van der Waals surface area contributed by atoms with Crippen LogP contribution in [0, 0.1) is 0 Å². The largest absolute Gasteiger partial charge is 0.497 e. The lowest BCUT2D eigenvalue weighted by Crippen LogP contribution is -2.41. The second-order valence-corrected chi connectivity index (χ2v) is 8.13. The molecule has 1 N–H and O–H groups in total. The van der Waals surface area contributed by atoms with Crippen molar-refractivity contribution in [1.82, 2.24) is 9.80 Å². The number of amides is 2. The van der Waals surface area contributed by atoms with E-state index in [1.54, 1.807) is 32.4 Å². The normalized spacial score (nSPS) is 16.4. The average molecular weight is 460 g/mol. The molecule has 2 aromatic rings. The van der Waals surface area contributed by atoms with Crippen molar-refractivity contribution in [3.05, 3.63) is 58.6 Å². The zero-order valence-electron chi connectivity index (χ0n) is 16.7. The molecule has 0 saturated carbocycles. The first-order chi connectivity index (χ1) is 14.0. The Morgan fingerprint density at radius 1 is 1.24 bits per heavy atom.